The number of rotatable bonds is 3. The van der Waals surface area contributed by atoms with E-state index in [0.717, 1.165) is 14.9 Å². The normalized spacial score (nSPS) is 10.7. The van der Waals surface area contributed by atoms with E-state index in [1.807, 2.05) is 13.8 Å². The van der Waals surface area contributed by atoms with Crippen LogP contribution in [0.25, 0.3) is 5.69 Å². The van der Waals surface area contributed by atoms with Gasteiger partial charge in [0.15, 0.2) is 0 Å². The molecule has 0 radical (unpaired) electrons. The zero-order valence-electron chi connectivity index (χ0n) is 12.1. The fourth-order valence-electron chi connectivity index (χ4n) is 2.03. The van der Waals surface area contributed by atoms with E-state index in [-0.39, 0.29) is 0 Å². The number of carbonyl (C=O) groups is 1. The van der Waals surface area contributed by atoms with Crippen molar-refractivity contribution in [2.45, 2.75) is 20.8 Å². The first kappa shape index (κ1) is 15.2. The molecule has 1 aromatic heterocycles. The van der Waals surface area contributed by atoms with Gasteiger partial charge in [0, 0.05) is 13.1 Å². The number of aryl methyl sites for hydroxylation is 1. The van der Waals surface area contributed by atoms with Gasteiger partial charge in [-0.15, -0.1) is 4.68 Å². The van der Waals surface area contributed by atoms with Crippen molar-refractivity contribution < 1.29 is 4.79 Å². The number of aromatic nitrogens is 4. The van der Waals surface area contributed by atoms with Gasteiger partial charge in [-0.2, -0.15) is 4.68 Å². The average molecular weight is 310 g/mol. The quantitative estimate of drug-likeness (QED) is 0.809. The van der Waals surface area contributed by atoms with Gasteiger partial charge in [-0.25, -0.2) is 9.59 Å². The van der Waals surface area contributed by atoms with Crippen molar-refractivity contribution in [3.63, 3.8) is 0 Å². The summed E-state index contributed by atoms with van der Waals surface area (Å²) in [6, 6.07) is 4.74. The van der Waals surface area contributed by atoms with E-state index in [1.165, 1.54) is 4.90 Å². The van der Waals surface area contributed by atoms with Gasteiger partial charge < -0.3 is 4.90 Å². The molecule has 0 saturated heterocycles. The molecular weight excluding hydrogens is 294 g/mol. The van der Waals surface area contributed by atoms with E-state index in [2.05, 4.69) is 10.4 Å². The van der Waals surface area contributed by atoms with E-state index < -0.39 is 11.7 Å². The number of hydrogen-bond donors (Lipinski definition) is 0. The topological polar surface area (TPSA) is 73.0 Å². The van der Waals surface area contributed by atoms with Crippen LogP contribution in [0.2, 0.25) is 5.02 Å². The van der Waals surface area contributed by atoms with Crippen LogP contribution in [0.1, 0.15) is 19.4 Å². The summed E-state index contributed by atoms with van der Waals surface area (Å²) in [6.45, 7) is 6.43. The summed E-state index contributed by atoms with van der Waals surface area (Å²) < 4.78 is 1.79. The SMILES string of the molecule is CCN(CC)C(=O)n1nnn(-c2c(C)cccc2Cl)c1=O. The number of amides is 1. The van der Waals surface area contributed by atoms with Gasteiger partial charge in [0.2, 0.25) is 0 Å². The molecule has 0 aliphatic carbocycles. The third kappa shape index (κ3) is 2.69. The van der Waals surface area contributed by atoms with Crippen molar-refractivity contribution in [3.8, 4) is 5.69 Å². The molecular formula is C13H16ClN5O2. The second kappa shape index (κ2) is 6.09. The number of carbonyl (C=O) groups excluding carboxylic acids is 1. The Morgan fingerprint density at radius 1 is 1.29 bits per heavy atom. The molecule has 1 heterocycles. The highest BCUT2D eigenvalue weighted by molar-refractivity contribution is 6.32. The fourth-order valence-corrected chi connectivity index (χ4v) is 2.33. The van der Waals surface area contributed by atoms with E-state index in [9.17, 15) is 9.59 Å². The number of hydrogen-bond acceptors (Lipinski definition) is 4. The summed E-state index contributed by atoms with van der Waals surface area (Å²) in [5.74, 6) is 0. The molecule has 7 nitrogen and oxygen atoms in total. The van der Waals surface area contributed by atoms with Gasteiger partial charge in [0.05, 0.1) is 10.7 Å². The van der Waals surface area contributed by atoms with Crippen molar-refractivity contribution >= 4 is 17.6 Å². The standard InChI is InChI=1S/C13H16ClN5O2/c1-4-17(5-2)12(20)19-13(21)18(15-16-19)11-9(3)7-6-8-10(11)14/h6-8H,4-5H2,1-3H3. The number of nitrogens with zero attached hydrogens (tertiary/aromatic N) is 5. The third-order valence-corrected chi connectivity index (χ3v) is 3.50. The molecule has 8 heteroatoms. The molecule has 0 saturated carbocycles. The smallest absolute Gasteiger partial charge is 0.323 e. The molecule has 112 valence electrons. The van der Waals surface area contributed by atoms with Crippen LogP contribution < -0.4 is 5.69 Å². The highest BCUT2D eigenvalue weighted by Gasteiger charge is 2.21. The van der Waals surface area contributed by atoms with Gasteiger partial charge in [-0.05, 0) is 42.8 Å². The van der Waals surface area contributed by atoms with Crippen LogP contribution in [0.15, 0.2) is 23.0 Å². The average Bonchev–Trinajstić information content (AvgIpc) is 2.82. The van der Waals surface area contributed by atoms with Crippen LogP contribution in [0.5, 0.6) is 0 Å². The molecule has 1 amide bonds. The van der Waals surface area contributed by atoms with Gasteiger partial charge in [-0.3, -0.25) is 0 Å². The van der Waals surface area contributed by atoms with Crippen molar-refractivity contribution in [1.82, 2.24) is 24.7 Å². The van der Waals surface area contributed by atoms with Crippen LogP contribution in [0, 0.1) is 6.92 Å². The summed E-state index contributed by atoms with van der Waals surface area (Å²) in [5.41, 5.74) is 0.567. The van der Waals surface area contributed by atoms with E-state index in [1.54, 1.807) is 25.1 Å². The maximum absolute atomic E-state index is 12.3. The highest BCUT2D eigenvalue weighted by Crippen LogP contribution is 2.21. The summed E-state index contributed by atoms with van der Waals surface area (Å²) in [5, 5.41) is 7.80. The Morgan fingerprint density at radius 3 is 2.52 bits per heavy atom. The molecule has 2 rings (SSSR count). The summed E-state index contributed by atoms with van der Waals surface area (Å²) in [4.78, 5) is 26.0. The predicted octanol–water partition coefficient (Wildman–Crippen LogP) is 1.70. The van der Waals surface area contributed by atoms with Crippen LogP contribution in [-0.4, -0.2) is 43.8 Å². The van der Waals surface area contributed by atoms with Gasteiger partial charge in [0.25, 0.3) is 0 Å². The molecule has 0 bridgehead atoms. The lowest BCUT2D eigenvalue weighted by molar-refractivity contribution is 0.200. The Hall–Kier alpha value is -2.15. The Balaban J connectivity index is 2.52. The Morgan fingerprint density at radius 2 is 1.95 bits per heavy atom. The van der Waals surface area contributed by atoms with Gasteiger partial charge in [0.1, 0.15) is 0 Å². The lowest BCUT2D eigenvalue weighted by Gasteiger charge is -2.16. The molecule has 0 unspecified atom stereocenters. The summed E-state index contributed by atoms with van der Waals surface area (Å²) in [6.07, 6.45) is 0. The monoisotopic (exact) mass is 309 g/mol. The minimum Gasteiger partial charge on any atom is -0.323 e. The van der Waals surface area contributed by atoms with Crippen LogP contribution >= 0.6 is 11.6 Å². The predicted molar refractivity (Wildman–Crippen MR) is 79.1 cm³/mol. The largest absolute Gasteiger partial charge is 0.377 e. The second-order valence-corrected chi connectivity index (χ2v) is 4.85. The zero-order valence-corrected chi connectivity index (χ0v) is 12.8. The van der Waals surface area contributed by atoms with Crippen LogP contribution in [-0.2, 0) is 0 Å². The van der Waals surface area contributed by atoms with Crippen molar-refractivity contribution in [3.05, 3.63) is 39.3 Å². The maximum atomic E-state index is 12.3. The highest BCUT2D eigenvalue weighted by atomic mass is 35.5. The van der Waals surface area contributed by atoms with Crippen LogP contribution in [0.3, 0.4) is 0 Å². The minimum atomic E-state index is -0.636. The molecule has 0 spiro atoms. The Labute approximate surface area is 126 Å². The van der Waals surface area contributed by atoms with E-state index in [4.69, 9.17) is 11.6 Å². The first-order chi connectivity index (χ1) is 10.0. The lowest BCUT2D eigenvalue weighted by atomic mass is 10.2. The number of tetrazole rings is 1. The molecule has 1 aromatic carbocycles. The number of halogens is 1. The first-order valence-electron chi connectivity index (χ1n) is 6.61. The molecule has 21 heavy (non-hydrogen) atoms. The number of benzene rings is 1. The maximum Gasteiger partial charge on any atom is 0.377 e. The van der Waals surface area contributed by atoms with Gasteiger partial charge >= 0.3 is 11.7 Å². The molecule has 2 aromatic rings. The Bertz CT molecular complexity index is 697. The third-order valence-electron chi connectivity index (χ3n) is 3.20. The van der Waals surface area contributed by atoms with E-state index >= 15 is 0 Å². The lowest BCUT2D eigenvalue weighted by Crippen LogP contribution is -2.40. The molecule has 0 aliphatic heterocycles. The summed E-state index contributed by atoms with van der Waals surface area (Å²) in [7, 11) is 0. The fraction of sp³-hybridized carbons (Fsp3) is 0.385. The number of para-hydroxylation sites is 1. The van der Waals surface area contributed by atoms with Gasteiger partial charge in [-0.1, -0.05) is 23.7 Å². The molecule has 0 fully saturated rings. The minimum absolute atomic E-state index is 0.374. The molecule has 0 atom stereocenters. The van der Waals surface area contributed by atoms with Crippen molar-refractivity contribution in [1.29, 1.82) is 0 Å². The summed E-state index contributed by atoms with van der Waals surface area (Å²) >= 11 is 6.11. The second-order valence-electron chi connectivity index (χ2n) is 4.45. The Kier molecular flexibility index (Phi) is 4.42. The van der Waals surface area contributed by atoms with Crippen LogP contribution in [0.4, 0.5) is 4.79 Å². The van der Waals surface area contributed by atoms with Crippen molar-refractivity contribution in [2.24, 2.45) is 0 Å². The van der Waals surface area contributed by atoms with Crippen molar-refractivity contribution in [2.75, 3.05) is 13.1 Å². The molecule has 0 N–H and O–H groups in total. The zero-order chi connectivity index (χ0) is 15.6. The van der Waals surface area contributed by atoms with E-state index in [0.29, 0.717) is 23.8 Å². The first-order valence-corrected chi connectivity index (χ1v) is 6.98. The molecule has 0 aliphatic rings.